The number of hydrogen-bond donors (Lipinski definition) is 1. The summed E-state index contributed by atoms with van der Waals surface area (Å²) in [6, 6.07) is 3.84. The molecule has 0 radical (unpaired) electrons. The minimum absolute atomic E-state index is 0.838. The number of rotatable bonds is 2. The second-order valence-electron chi connectivity index (χ2n) is 2.70. The van der Waals surface area contributed by atoms with Gasteiger partial charge in [-0.25, -0.2) is 4.98 Å². The lowest BCUT2D eigenvalue weighted by atomic mass is 10.4. The number of hydrogen-bond acceptors (Lipinski definition) is 3. The molecule has 0 aliphatic carbocycles. The van der Waals surface area contributed by atoms with Crippen molar-refractivity contribution in [2.45, 2.75) is 0 Å². The monoisotopic (exact) mass is 177 g/mol. The molecule has 2 rings (SSSR count). The van der Waals surface area contributed by atoms with Crippen LogP contribution in [0.15, 0.2) is 24.7 Å². The Morgan fingerprint density at radius 1 is 1.54 bits per heavy atom. The zero-order valence-electron chi connectivity index (χ0n) is 7.61. The van der Waals surface area contributed by atoms with Gasteiger partial charge in [0.25, 0.3) is 0 Å². The van der Waals surface area contributed by atoms with E-state index >= 15 is 0 Å². The van der Waals surface area contributed by atoms with E-state index in [1.165, 1.54) is 0 Å². The molecule has 0 saturated heterocycles. The van der Waals surface area contributed by atoms with Crippen LogP contribution in [-0.2, 0) is 0 Å². The molecule has 4 heteroatoms. The summed E-state index contributed by atoms with van der Waals surface area (Å²) in [4.78, 5) is 4.19. The Morgan fingerprint density at radius 3 is 3.08 bits per heavy atom. The molecule has 0 aliphatic rings. The average Bonchev–Trinajstić information content (AvgIpc) is 2.59. The second-order valence-corrected chi connectivity index (χ2v) is 2.70. The summed E-state index contributed by atoms with van der Waals surface area (Å²) in [5, 5.41) is 3.01. The van der Waals surface area contributed by atoms with Crippen LogP contribution < -0.4 is 10.1 Å². The molecule has 0 aliphatic heterocycles. The number of ether oxygens (including phenoxy) is 1. The zero-order valence-corrected chi connectivity index (χ0v) is 7.61. The van der Waals surface area contributed by atoms with Crippen molar-refractivity contribution < 1.29 is 4.74 Å². The number of nitrogens with zero attached hydrogens (tertiary/aromatic N) is 2. The first kappa shape index (κ1) is 7.91. The summed E-state index contributed by atoms with van der Waals surface area (Å²) in [7, 11) is 3.50. The molecule has 0 atom stereocenters. The Balaban J connectivity index is 2.64. The topological polar surface area (TPSA) is 38.6 Å². The highest BCUT2D eigenvalue weighted by molar-refractivity contribution is 5.69. The van der Waals surface area contributed by atoms with Gasteiger partial charge in [-0.1, -0.05) is 0 Å². The molecule has 0 fully saturated rings. The summed E-state index contributed by atoms with van der Waals surface area (Å²) in [5.41, 5.74) is 1.02. The van der Waals surface area contributed by atoms with Crippen LogP contribution in [0.25, 0.3) is 5.52 Å². The fourth-order valence-corrected chi connectivity index (χ4v) is 1.29. The van der Waals surface area contributed by atoms with Crippen LogP contribution in [0.3, 0.4) is 0 Å². The van der Waals surface area contributed by atoms with Crippen LogP contribution in [0, 0.1) is 0 Å². The summed E-state index contributed by atoms with van der Waals surface area (Å²) in [6.45, 7) is 0. The van der Waals surface area contributed by atoms with E-state index in [0.717, 1.165) is 17.1 Å². The van der Waals surface area contributed by atoms with E-state index in [4.69, 9.17) is 4.74 Å². The van der Waals surface area contributed by atoms with Crippen molar-refractivity contribution in [1.29, 1.82) is 0 Å². The predicted molar refractivity (Wildman–Crippen MR) is 51.3 cm³/mol. The second kappa shape index (κ2) is 2.97. The van der Waals surface area contributed by atoms with Gasteiger partial charge >= 0.3 is 0 Å². The third-order valence-corrected chi connectivity index (χ3v) is 1.98. The Bertz CT molecular complexity index is 422. The highest BCUT2D eigenvalue weighted by atomic mass is 16.5. The van der Waals surface area contributed by atoms with Crippen molar-refractivity contribution in [1.82, 2.24) is 9.38 Å². The summed E-state index contributed by atoms with van der Waals surface area (Å²) < 4.78 is 7.06. The highest BCUT2D eigenvalue weighted by Crippen LogP contribution is 2.19. The Hall–Kier alpha value is -1.71. The van der Waals surface area contributed by atoms with Gasteiger partial charge in [-0.15, -0.1) is 0 Å². The van der Waals surface area contributed by atoms with E-state index in [9.17, 15) is 0 Å². The quantitative estimate of drug-likeness (QED) is 0.753. The normalized spacial score (nSPS) is 10.3. The highest BCUT2D eigenvalue weighted by Gasteiger charge is 2.02. The van der Waals surface area contributed by atoms with Crippen molar-refractivity contribution in [2.75, 3.05) is 19.5 Å². The molecule has 0 spiro atoms. The summed E-state index contributed by atoms with van der Waals surface area (Å²) in [5.74, 6) is 1.70. The Morgan fingerprint density at radius 2 is 2.38 bits per heavy atom. The predicted octanol–water partition coefficient (Wildman–Crippen LogP) is 1.38. The molecule has 1 N–H and O–H groups in total. The molecule has 68 valence electrons. The number of aromatic nitrogens is 2. The average molecular weight is 177 g/mol. The maximum atomic E-state index is 5.12. The molecule has 0 unspecified atom stereocenters. The van der Waals surface area contributed by atoms with Gasteiger partial charge in [0.05, 0.1) is 12.6 Å². The van der Waals surface area contributed by atoms with Gasteiger partial charge in [0, 0.05) is 19.3 Å². The van der Waals surface area contributed by atoms with Crippen molar-refractivity contribution in [3.8, 4) is 5.75 Å². The van der Waals surface area contributed by atoms with Crippen LogP contribution in [0.5, 0.6) is 5.75 Å². The summed E-state index contributed by atoms with van der Waals surface area (Å²) >= 11 is 0. The van der Waals surface area contributed by atoms with Crippen LogP contribution in [0.1, 0.15) is 0 Å². The lowest BCUT2D eigenvalue weighted by molar-refractivity contribution is 0.414. The molecular formula is C9H11N3O. The van der Waals surface area contributed by atoms with Gasteiger partial charge in [0.2, 0.25) is 0 Å². The molecule has 0 aromatic carbocycles. The SMILES string of the molecule is CNc1ncn2ccc(OC)cc12. The molecule has 0 saturated carbocycles. The summed E-state index contributed by atoms with van der Waals surface area (Å²) in [6.07, 6.45) is 3.68. The van der Waals surface area contributed by atoms with Gasteiger partial charge < -0.3 is 14.5 Å². The number of pyridine rings is 1. The van der Waals surface area contributed by atoms with E-state index in [1.54, 1.807) is 13.4 Å². The molecule has 13 heavy (non-hydrogen) atoms. The third-order valence-electron chi connectivity index (χ3n) is 1.98. The van der Waals surface area contributed by atoms with Crippen molar-refractivity contribution in [3.63, 3.8) is 0 Å². The first-order valence-electron chi connectivity index (χ1n) is 4.03. The van der Waals surface area contributed by atoms with Gasteiger partial charge in [0.15, 0.2) is 5.82 Å². The first-order valence-corrected chi connectivity index (χ1v) is 4.03. The lowest BCUT2D eigenvalue weighted by Gasteiger charge is -2.01. The third kappa shape index (κ3) is 1.20. The van der Waals surface area contributed by atoms with E-state index in [2.05, 4.69) is 10.3 Å². The number of methoxy groups -OCH3 is 1. The Kier molecular flexibility index (Phi) is 1.81. The largest absolute Gasteiger partial charge is 0.497 e. The van der Waals surface area contributed by atoms with Gasteiger partial charge in [-0.3, -0.25) is 0 Å². The van der Waals surface area contributed by atoms with Crippen molar-refractivity contribution in [3.05, 3.63) is 24.7 Å². The molecule has 2 aromatic rings. The lowest BCUT2D eigenvalue weighted by Crippen LogP contribution is -1.90. The van der Waals surface area contributed by atoms with Crippen LogP contribution in [0.2, 0.25) is 0 Å². The van der Waals surface area contributed by atoms with Gasteiger partial charge in [0.1, 0.15) is 12.1 Å². The van der Waals surface area contributed by atoms with Crippen LogP contribution in [-0.4, -0.2) is 23.5 Å². The van der Waals surface area contributed by atoms with E-state index < -0.39 is 0 Å². The zero-order chi connectivity index (χ0) is 9.26. The van der Waals surface area contributed by atoms with Crippen molar-refractivity contribution in [2.24, 2.45) is 0 Å². The fraction of sp³-hybridized carbons (Fsp3) is 0.222. The molecule has 0 bridgehead atoms. The number of imidazole rings is 1. The number of anilines is 1. The van der Waals surface area contributed by atoms with Crippen molar-refractivity contribution >= 4 is 11.3 Å². The maximum absolute atomic E-state index is 5.12. The first-order chi connectivity index (χ1) is 6.35. The Labute approximate surface area is 76.2 Å². The number of fused-ring (bicyclic) bond motifs is 1. The molecular weight excluding hydrogens is 166 g/mol. The van der Waals surface area contributed by atoms with E-state index in [1.807, 2.05) is 29.8 Å². The fourth-order valence-electron chi connectivity index (χ4n) is 1.29. The van der Waals surface area contributed by atoms with Crippen LogP contribution >= 0.6 is 0 Å². The minimum atomic E-state index is 0.838. The van der Waals surface area contributed by atoms with E-state index in [0.29, 0.717) is 0 Å². The molecule has 4 nitrogen and oxygen atoms in total. The maximum Gasteiger partial charge on any atom is 0.152 e. The van der Waals surface area contributed by atoms with E-state index in [-0.39, 0.29) is 0 Å². The smallest absolute Gasteiger partial charge is 0.152 e. The molecule has 2 heterocycles. The molecule has 0 amide bonds. The van der Waals surface area contributed by atoms with Gasteiger partial charge in [-0.05, 0) is 6.07 Å². The standard InChI is InChI=1S/C9H11N3O/c1-10-9-8-5-7(13-2)3-4-12(8)6-11-9/h3-6,10H,1-2H3. The minimum Gasteiger partial charge on any atom is -0.497 e. The molecule has 2 aromatic heterocycles. The van der Waals surface area contributed by atoms with Crippen LogP contribution in [0.4, 0.5) is 5.82 Å². The van der Waals surface area contributed by atoms with Gasteiger partial charge in [-0.2, -0.15) is 0 Å². The number of nitrogens with one attached hydrogen (secondary N) is 1.